The molecule has 0 aliphatic heterocycles. The molecule has 0 spiro atoms. The molecule has 0 radical (unpaired) electrons. The predicted octanol–water partition coefficient (Wildman–Crippen LogP) is 1.45. The van der Waals surface area contributed by atoms with Crippen LogP contribution >= 0.6 is 0 Å². The van der Waals surface area contributed by atoms with E-state index in [1.54, 1.807) is 0 Å². The molecule has 0 saturated carbocycles. The molecule has 0 aromatic rings. The molecule has 64 heavy (non-hydrogen) atoms. The van der Waals surface area contributed by atoms with Gasteiger partial charge in [0, 0.05) is 64.8 Å². The summed E-state index contributed by atoms with van der Waals surface area (Å²) in [5, 5.41) is 10.5. The second-order valence-electron chi connectivity index (χ2n) is 14.6. The maximum atomic E-state index is 13.3. The standard InChI is InChI=1S/C42H70N4O16.2CH4/c1-7-58-22-24-62-28-38(52)35(42(56)44-17-19-59-21-20-57-6)11-15-39(53)43-16-18-60-23-25-61-27-34(51)26-33(41(55)46-37(32(5)50)13-9-30(3)48)10-14-40(54)45-36(31(4)49)12-8-29(2)47;;/h33,35-37H,7-28H2,1-6H3,(H,43,53)(H,44,56)(H,45,54)(H,46,55);2*1H4. The van der Waals surface area contributed by atoms with Crippen LogP contribution in [0.2, 0.25) is 0 Å². The van der Waals surface area contributed by atoms with Crippen molar-refractivity contribution < 1.29 is 76.4 Å². The van der Waals surface area contributed by atoms with Gasteiger partial charge in [-0.1, -0.05) is 14.9 Å². The maximum absolute atomic E-state index is 13.3. The number of ketones is 6. The van der Waals surface area contributed by atoms with Crippen molar-refractivity contribution in [2.75, 3.05) is 92.9 Å². The van der Waals surface area contributed by atoms with E-state index < -0.39 is 59.1 Å². The Labute approximate surface area is 379 Å². The third-order valence-corrected chi connectivity index (χ3v) is 9.13. The summed E-state index contributed by atoms with van der Waals surface area (Å²) in [5.41, 5.74) is 0. The third-order valence-electron chi connectivity index (χ3n) is 9.13. The minimum atomic E-state index is -1.11. The molecule has 4 atom stereocenters. The summed E-state index contributed by atoms with van der Waals surface area (Å²) in [6.07, 6.45) is -0.501. The zero-order valence-corrected chi connectivity index (χ0v) is 37.4. The first kappa shape index (κ1) is 63.9. The van der Waals surface area contributed by atoms with Crippen LogP contribution in [-0.2, 0) is 76.4 Å². The summed E-state index contributed by atoms with van der Waals surface area (Å²) < 4.78 is 31.6. The van der Waals surface area contributed by atoms with Crippen LogP contribution in [0.25, 0.3) is 0 Å². The Hall–Kier alpha value is -4.34. The van der Waals surface area contributed by atoms with Gasteiger partial charge in [-0.05, 0) is 60.3 Å². The molecule has 0 rings (SSSR count). The number of hydrogen-bond donors (Lipinski definition) is 4. The Bertz CT molecular complexity index is 1430. The van der Waals surface area contributed by atoms with Crippen LogP contribution in [0.5, 0.6) is 0 Å². The van der Waals surface area contributed by atoms with Gasteiger partial charge in [-0.25, -0.2) is 0 Å². The fourth-order valence-corrected chi connectivity index (χ4v) is 5.59. The molecule has 370 valence electrons. The normalized spacial score (nSPS) is 12.5. The first-order valence-electron chi connectivity index (χ1n) is 21.1. The van der Waals surface area contributed by atoms with Gasteiger partial charge in [0.15, 0.2) is 23.1 Å². The Kier molecular flexibility index (Phi) is 40.2. The lowest BCUT2D eigenvalue weighted by Crippen LogP contribution is -2.44. The van der Waals surface area contributed by atoms with Crippen molar-refractivity contribution in [3.05, 3.63) is 0 Å². The Balaban J connectivity index is -0.0000186. The van der Waals surface area contributed by atoms with Gasteiger partial charge in [0.05, 0.1) is 70.9 Å². The number of amides is 4. The molecule has 4 amide bonds. The van der Waals surface area contributed by atoms with Crippen molar-refractivity contribution >= 4 is 58.3 Å². The van der Waals surface area contributed by atoms with Crippen molar-refractivity contribution in [2.24, 2.45) is 11.8 Å². The van der Waals surface area contributed by atoms with Crippen LogP contribution in [0.1, 0.15) is 107 Å². The SMILES string of the molecule is C.C.CCOCCOCC(=O)C(CCC(=O)NCCOCCOCC(=O)CC(CCC(=O)NC(CCC(C)=O)C(C)=O)C(=O)NC(CCC(C)=O)C(C)=O)C(=O)NCCOCCOC. The highest BCUT2D eigenvalue weighted by Gasteiger charge is 2.29. The minimum absolute atomic E-state index is 0. The monoisotopic (exact) mass is 919 g/mol. The molecule has 0 aromatic heterocycles. The molecule has 20 heteroatoms. The fourth-order valence-electron chi connectivity index (χ4n) is 5.59. The first-order chi connectivity index (χ1) is 29.5. The van der Waals surface area contributed by atoms with Crippen molar-refractivity contribution in [1.82, 2.24) is 21.3 Å². The molecule has 0 heterocycles. The molecule has 0 aliphatic carbocycles. The Morgan fingerprint density at radius 3 is 1.55 bits per heavy atom. The van der Waals surface area contributed by atoms with Crippen LogP contribution in [0.15, 0.2) is 0 Å². The number of ether oxygens (including phenoxy) is 6. The van der Waals surface area contributed by atoms with E-state index in [0.717, 1.165) is 0 Å². The number of rotatable bonds is 41. The van der Waals surface area contributed by atoms with Crippen molar-refractivity contribution in [1.29, 1.82) is 0 Å². The van der Waals surface area contributed by atoms with Crippen molar-refractivity contribution in [3.63, 3.8) is 0 Å². The molecular formula is C44H78N4O16. The van der Waals surface area contributed by atoms with Crippen LogP contribution in [0.4, 0.5) is 0 Å². The lowest BCUT2D eigenvalue weighted by atomic mass is 9.94. The molecule has 0 aromatic carbocycles. The number of hydrogen-bond acceptors (Lipinski definition) is 16. The van der Waals surface area contributed by atoms with Crippen molar-refractivity contribution in [2.45, 2.75) is 119 Å². The lowest BCUT2D eigenvalue weighted by molar-refractivity contribution is -0.138. The molecule has 0 saturated heterocycles. The predicted molar refractivity (Wildman–Crippen MR) is 236 cm³/mol. The zero-order valence-electron chi connectivity index (χ0n) is 37.4. The van der Waals surface area contributed by atoms with Gasteiger partial charge in [0.25, 0.3) is 0 Å². The Morgan fingerprint density at radius 1 is 0.500 bits per heavy atom. The van der Waals surface area contributed by atoms with E-state index in [1.807, 2.05) is 6.92 Å². The van der Waals surface area contributed by atoms with E-state index in [0.29, 0.717) is 26.4 Å². The van der Waals surface area contributed by atoms with E-state index in [-0.39, 0.29) is 155 Å². The average molecular weight is 919 g/mol. The third kappa shape index (κ3) is 34.1. The molecule has 0 bridgehead atoms. The van der Waals surface area contributed by atoms with Gasteiger partial charge in [0.2, 0.25) is 23.6 Å². The van der Waals surface area contributed by atoms with E-state index in [9.17, 15) is 47.9 Å². The molecule has 20 nitrogen and oxygen atoms in total. The summed E-state index contributed by atoms with van der Waals surface area (Å²) in [6.45, 7) is 8.75. The zero-order chi connectivity index (χ0) is 46.7. The van der Waals surface area contributed by atoms with Gasteiger partial charge >= 0.3 is 0 Å². The summed E-state index contributed by atoms with van der Waals surface area (Å²) >= 11 is 0. The first-order valence-corrected chi connectivity index (χ1v) is 21.1. The van der Waals surface area contributed by atoms with Crippen molar-refractivity contribution in [3.8, 4) is 0 Å². The average Bonchev–Trinajstić information content (AvgIpc) is 3.21. The molecular weight excluding hydrogens is 840 g/mol. The second kappa shape index (κ2) is 40.2. The summed E-state index contributed by atoms with van der Waals surface area (Å²) in [7, 11) is 1.54. The van der Waals surface area contributed by atoms with Crippen LogP contribution in [0, 0.1) is 11.8 Å². The van der Waals surface area contributed by atoms with Gasteiger partial charge in [0.1, 0.15) is 24.8 Å². The summed E-state index contributed by atoms with van der Waals surface area (Å²) in [6, 6.07) is -1.86. The second-order valence-corrected chi connectivity index (χ2v) is 14.6. The number of nitrogens with one attached hydrogen (secondary N) is 4. The van der Waals surface area contributed by atoms with Gasteiger partial charge < -0.3 is 59.3 Å². The number of carbonyl (C=O) groups is 10. The van der Waals surface area contributed by atoms with E-state index in [2.05, 4.69) is 21.3 Å². The summed E-state index contributed by atoms with van der Waals surface area (Å²) in [5.74, 6) is -6.30. The topological polar surface area (TPSA) is 274 Å². The highest BCUT2D eigenvalue weighted by molar-refractivity contribution is 6.02. The van der Waals surface area contributed by atoms with Gasteiger partial charge in [-0.15, -0.1) is 0 Å². The molecule has 4 N–H and O–H groups in total. The highest BCUT2D eigenvalue weighted by atomic mass is 16.5. The van der Waals surface area contributed by atoms with Crippen LogP contribution in [0.3, 0.4) is 0 Å². The largest absolute Gasteiger partial charge is 0.382 e. The Morgan fingerprint density at radius 2 is 1.00 bits per heavy atom. The maximum Gasteiger partial charge on any atom is 0.230 e. The number of methoxy groups -OCH3 is 1. The summed E-state index contributed by atoms with van der Waals surface area (Å²) in [4.78, 5) is 124. The lowest BCUT2D eigenvalue weighted by Gasteiger charge is -2.21. The quantitative estimate of drug-likeness (QED) is 0.0499. The molecule has 0 fully saturated rings. The van der Waals surface area contributed by atoms with Gasteiger partial charge in [-0.3, -0.25) is 38.4 Å². The van der Waals surface area contributed by atoms with Crippen LogP contribution < -0.4 is 21.3 Å². The van der Waals surface area contributed by atoms with Crippen LogP contribution in [-0.4, -0.2) is 163 Å². The van der Waals surface area contributed by atoms with Gasteiger partial charge in [-0.2, -0.15) is 0 Å². The molecule has 4 unspecified atom stereocenters. The number of Topliss-reactive ketones (excluding diaryl/α,β-unsaturated/α-hetero) is 6. The number of carbonyl (C=O) groups excluding carboxylic acids is 10. The minimum Gasteiger partial charge on any atom is -0.382 e. The smallest absolute Gasteiger partial charge is 0.230 e. The fraction of sp³-hybridized carbons (Fsp3) is 0.773. The van der Waals surface area contributed by atoms with E-state index in [1.165, 1.54) is 34.8 Å². The molecule has 0 aliphatic rings. The highest BCUT2D eigenvalue weighted by Crippen LogP contribution is 2.15. The van der Waals surface area contributed by atoms with E-state index in [4.69, 9.17) is 28.4 Å². The van der Waals surface area contributed by atoms with E-state index >= 15 is 0 Å².